The van der Waals surface area contributed by atoms with Crippen LogP contribution in [-0.4, -0.2) is 58.8 Å². The standard InChI is InChI=1S/C27H41N7O/c1-5-6-7-11-29-26-25-23(31-27(28)32-26)10-12-34(25)18-22-9-8-20(13-24(22)35-4)15-33-16-21(17-33)14-30-19(2)3/h8-10,12-13,19,21,30H,5-7,11,14-18H2,1-4H3,(H3,28,29,31,32). The van der Waals surface area contributed by atoms with Gasteiger partial charge in [0.05, 0.1) is 19.2 Å². The highest BCUT2D eigenvalue weighted by Gasteiger charge is 2.26. The maximum Gasteiger partial charge on any atom is 0.222 e. The summed E-state index contributed by atoms with van der Waals surface area (Å²) in [5.41, 5.74) is 10.2. The number of fused-ring (bicyclic) bond motifs is 1. The van der Waals surface area contributed by atoms with Crippen molar-refractivity contribution in [1.29, 1.82) is 0 Å². The third-order valence-corrected chi connectivity index (χ3v) is 6.65. The first-order valence-electron chi connectivity index (χ1n) is 12.9. The molecule has 1 saturated heterocycles. The predicted octanol–water partition coefficient (Wildman–Crippen LogP) is 4.10. The summed E-state index contributed by atoms with van der Waals surface area (Å²) in [4.78, 5) is 11.4. The summed E-state index contributed by atoms with van der Waals surface area (Å²) in [6.45, 7) is 12.5. The first-order valence-corrected chi connectivity index (χ1v) is 12.9. The van der Waals surface area contributed by atoms with Crippen LogP contribution in [0.2, 0.25) is 0 Å². The Morgan fingerprint density at radius 1 is 1.14 bits per heavy atom. The van der Waals surface area contributed by atoms with E-state index in [4.69, 9.17) is 10.5 Å². The highest BCUT2D eigenvalue weighted by molar-refractivity contribution is 5.87. The Labute approximate surface area is 209 Å². The van der Waals surface area contributed by atoms with E-state index in [0.717, 1.165) is 73.2 Å². The van der Waals surface area contributed by atoms with Crippen LogP contribution in [0.5, 0.6) is 5.75 Å². The highest BCUT2D eigenvalue weighted by Crippen LogP contribution is 2.28. The fourth-order valence-electron chi connectivity index (χ4n) is 4.76. The zero-order valence-electron chi connectivity index (χ0n) is 21.7. The van der Waals surface area contributed by atoms with Gasteiger partial charge in [-0.05, 0) is 30.0 Å². The number of unbranched alkanes of at least 4 members (excludes halogenated alkanes) is 2. The van der Waals surface area contributed by atoms with E-state index in [2.05, 4.69) is 75.2 Å². The third-order valence-electron chi connectivity index (χ3n) is 6.65. The number of hydrogen-bond acceptors (Lipinski definition) is 7. The van der Waals surface area contributed by atoms with Crippen LogP contribution in [0.1, 0.15) is 51.2 Å². The van der Waals surface area contributed by atoms with Gasteiger partial charge in [0.15, 0.2) is 5.82 Å². The molecular weight excluding hydrogens is 438 g/mol. The monoisotopic (exact) mass is 479 g/mol. The van der Waals surface area contributed by atoms with Gasteiger partial charge in [-0.15, -0.1) is 0 Å². The number of nitrogens with zero attached hydrogens (tertiary/aromatic N) is 4. The molecule has 35 heavy (non-hydrogen) atoms. The van der Waals surface area contributed by atoms with Crippen LogP contribution in [0.25, 0.3) is 11.0 Å². The van der Waals surface area contributed by atoms with Crippen LogP contribution < -0.4 is 21.1 Å². The van der Waals surface area contributed by atoms with Gasteiger partial charge in [0.1, 0.15) is 11.3 Å². The van der Waals surface area contributed by atoms with Gasteiger partial charge >= 0.3 is 0 Å². The number of nitrogen functional groups attached to an aromatic ring is 1. The SMILES string of the molecule is CCCCCNc1nc(N)nc2ccn(Cc3ccc(CN4CC(CNC(C)C)C4)cc3OC)c12. The molecule has 190 valence electrons. The number of nitrogens with two attached hydrogens (primary N) is 1. The number of benzene rings is 1. The topological polar surface area (TPSA) is 93.3 Å². The van der Waals surface area contributed by atoms with E-state index in [9.17, 15) is 0 Å². The summed E-state index contributed by atoms with van der Waals surface area (Å²) in [5.74, 6) is 2.75. The zero-order chi connectivity index (χ0) is 24.8. The Morgan fingerprint density at radius 3 is 2.71 bits per heavy atom. The molecule has 8 nitrogen and oxygen atoms in total. The van der Waals surface area contributed by atoms with E-state index >= 15 is 0 Å². The largest absolute Gasteiger partial charge is 0.496 e. The molecule has 0 radical (unpaired) electrons. The van der Waals surface area contributed by atoms with Gasteiger partial charge in [-0.1, -0.05) is 45.7 Å². The quantitative estimate of drug-likeness (QED) is 0.318. The smallest absolute Gasteiger partial charge is 0.222 e. The van der Waals surface area contributed by atoms with Crippen LogP contribution in [0, 0.1) is 5.92 Å². The van der Waals surface area contributed by atoms with Crippen LogP contribution in [-0.2, 0) is 13.1 Å². The Kier molecular flexibility index (Phi) is 8.46. The van der Waals surface area contributed by atoms with Crippen molar-refractivity contribution >= 4 is 22.8 Å². The predicted molar refractivity (Wildman–Crippen MR) is 144 cm³/mol. The minimum absolute atomic E-state index is 0.295. The Hall–Kier alpha value is -2.84. The number of rotatable bonds is 13. The summed E-state index contributed by atoms with van der Waals surface area (Å²) in [7, 11) is 1.75. The van der Waals surface area contributed by atoms with Gasteiger partial charge in [-0.3, -0.25) is 4.90 Å². The molecule has 0 aliphatic carbocycles. The average Bonchev–Trinajstić information content (AvgIpc) is 3.21. The summed E-state index contributed by atoms with van der Waals surface area (Å²) in [6, 6.07) is 9.14. The first kappa shape index (κ1) is 25.3. The van der Waals surface area contributed by atoms with Gasteiger partial charge in [-0.2, -0.15) is 4.98 Å². The van der Waals surface area contributed by atoms with E-state index in [1.807, 2.05) is 6.07 Å². The molecule has 4 N–H and O–H groups in total. The van der Waals surface area contributed by atoms with E-state index in [-0.39, 0.29) is 0 Å². The molecule has 0 amide bonds. The summed E-state index contributed by atoms with van der Waals surface area (Å²) >= 11 is 0. The lowest BCUT2D eigenvalue weighted by Crippen LogP contribution is -2.50. The van der Waals surface area contributed by atoms with Crippen molar-refractivity contribution in [2.24, 2.45) is 5.92 Å². The molecular formula is C27H41N7O. The lowest BCUT2D eigenvalue weighted by molar-refractivity contribution is 0.0903. The molecule has 0 unspecified atom stereocenters. The van der Waals surface area contributed by atoms with Crippen molar-refractivity contribution < 1.29 is 4.74 Å². The van der Waals surface area contributed by atoms with Crippen LogP contribution in [0.15, 0.2) is 30.5 Å². The molecule has 4 rings (SSSR count). The Balaban J connectivity index is 1.45. The summed E-state index contributed by atoms with van der Waals surface area (Å²) in [6.07, 6.45) is 5.52. The number of likely N-dealkylation sites (tertiary alicyclic amines) is 1. The molecule has 0 atom stereocenters. The van der Waals surface area contributed by atoms with Gasteiger partial charge < -0.3 is 25.7 Å². The molecule has 3 aromatic rings. The number of ether oxygens (including phenoxy) is 1. The maximum atomic E-state index is 5.97. The number of aromatic nitrogens is 3. The van der Waals surface area contributed by atoms with E-state index in [0.29, 0.717) is 18.5 Å². The molecule has 0 saturated carbocycles. The van der Waals surface area contributed by atoms with Crippen molar-refractivity contribution in [1.82, 2.24) is 24.8 Å². The minimum atomic E-state index is 0.295. The van der Waals surface area contributed by atoms with Crippen molar-refractivity contribution in [3.63, 3.8) is 0 Å². The van der Waals surface area contributed by atoms with E-state index in [1.54, 1.807) is 7.11 Å². The van der Waals surface area contributed by atoms with E-state index in [1.165, 1.54) is 18.4 Å². The molecule has 0 spiro atoms. The van der Waals surface area contributed by atoms with Gasteiger partial charge in [-0.25, -0.2) is 4.98 Å². The fraction of sp³-hybridized carbons (Fsp3) is 0.556. The van der Waals surface area contributed by atoms with Crippen molar-refractivity contribution in [3.05, 3.63) is 41.6 Å². The fourth-order valence-corrected chi connectivity index (χ4v) is 4.76. The van der Waals surface area contributed by atoms with Gasteiger partial charge in [0, 0.05) is 50.5 Å². The van der Waals surface area contributed by atoms with E-state index < -0.39 is 0 Å². The van der Waals surface area contributed by atoms with Crippen LogP contribution >= 0.6 is 0 Å². The third kappa shape index (κ3) is 6.44. The molecule has 1 aliphatic rings. The number of hydrogen-bond donors (Lipinski definition) is 3. The molecule has 1 aliphatic heterocycles. The summed E-state index contributed by atoms with van der Waals surface area (Å²) in [5, 5.41) is 7.02. The minimum Gasteiger partial charge on any atom is -0.496 e. The normalized spacial score (nSPS) is 14.5. The first-order chi connectivity index (χ1) is 17.0. The van der Waals surface area contributed by atoms with Crippen LogP contribution in [0.4, 0.5) is 11.8 Å². The molecule has 8 heteroatoms. The molecule has 1 aromatic carbocycles. The second-order valence-electron chi connectivity index (χ2n) is 10.0. The molecule has 0 bridgehead atoms. The molecule has 3 heterocycles. The Morgan fingerprint density at radius 2 is 1.97 bits per heavy atom. The second-order valence-corrected chi connectivity index (χ2v) is 10.0. The zero-order valence-corrected chi connectivity index (χ0v) is 21.7. The maximum absolute atomic E-state index is 5.97. The number of methoxy groups -OCH3 is 1. The van der Waals surface area contributed by atoms with Crippen molar-refractivity contribution in [3.8, 4) is 5.75 Å². The Bertz CT molecular complexity index is 1100. The number of nitrogens with one attached hydrogen (secondary N) is 2. The lowest BCUT2D eigenvalue weighted by Gasteiger charge is -2.40. The second kappa shape index (κ2) is 11.7. The lowest BCUT2D eigenvalue weighted by atomic mass is 9.98. The average molecular weight is 480 g/mol. The van der Waals surface area contributed by atoms with Crippen molar-refractivity contribution in [2.45, 2.75) is 59.2 Å². The van der Waals surface area contributed by atoms with Gasteiger partial charge in [0.25, 0.3) is 0 Å². The number of anilines is 2. The van der Waals surface area contributed by atoms with Crippen molar-refractivity contribution in [2.75, 3.05) is 44.3 Å². The summed E-state index contributed by atoms with van der Waals surface area (Å²) < 4.78 is 7.98. The highest BCUT2D eigenvalue weighted by atomic mass is 16.5. The van der Waals surface area contributed by atoms with Crippen LogP contribution in [0.3, 0.4) is 0 Å². The molecule has 1 fully saturated rings. The molecule has 2 aromatic heterocycles. The van der Waals surface area contributed by atoms with Gasteiger partial charge in [0.2, 0.25) is 5.95 Å².